The summed E-state index contributed by atoms with van der Waals surface area (Å²) in [5.41, 5.74) is 9.88. The van der Waals surface area contributed by atoms with Crippen molar-refractivity contribution in [2.24, 2.45) is 0 Å². The molecule has 0 aromatic heterocycles. The summed E-state index contributed by atoms with van der Waals surface area (Å²) in [5.74, 6) is 0.775. The van der Waals surface area contributed by atoms with Crippen LogP contribution in [0.3, 0.4) is 0 Å². The Balaban J connectivity index is 0.000000202. The Bertz CT molecular complexity index is 1930. The van der Waals surface area contributed by atoms with Crippen LogP contribution in [0.4, 0.5) is 0 Å². The van der Waals surface area contributed by atoms with E-state index in [9.17, 15) is 0 Å². The van der Waals surface area contributed by atoms with Crippen molar-refractivity contribution in [1.29, 1.82) is 0 Å². The van der Waals surface area contributed by atoms with Crippen LogP contribution in [0.1, 0.15) is 75.5 Å². The number of benzene rings is 4. The minimum absolute atomic E-state index is 0.207. The van der Waals surface area contributed by atoms with Crippen LogP contribution in [-0.4, -0.2) is 17.6 Å². The molecule has 2 radical (unpaired) electrons. The number of rotatable bonds is 4. The first-order chi connectivity index (χ1) is 24.3. The number of hydrogen-bond donors (Lipinski definition) is 0. The van der Waals surface area contributed by atoms with E-state index in [1.54, 1.807) is 5.56 Å². The van der Waals surface area contributed by atoms with E-state index < -0.39 is 28.9 Å². The van der Waals surface area contributed by atoms with Crippen molar-refractivity contribution in [3.05, 3.63) is 126 Å². The van der Waals surface area contributed by atoms with Crippen molar-refractivity contribution in [2.75, 3.05) is 0 Å². The predicted molar refractivity (Wildman–Crippen MR) is 231 cm³/mol. The number of fused-ring (bicyclic) bond motifs is 2. The van der Waals surface area contributed by atoms with Crippen LogP contribution in [0.5, 0.6) is 0 Å². The quantitative estimate of drug-likeness (QED) is 0.123. The van der Waals surface area contributed by atoms with Crippen molar-refractivity contribution in [1.82, 2.24) is 0 Å². The van der Waals surface area contributed by atoms with Crippen molar-refractivity contribution in [3.8, 4) is 22.3 Å². The first-order valence-electron chi connectivity index (χ1n) is 18.4. The zero-order valence-electron chi connectivity index (χ0n) is 32.3. The van der Waals surface area contributed by atoms with Crippen LogP contribution in [-0.2, 0) is 26.3 Å². The average molecular weight is 827 g/mol. The van der Waals surface area contributed by atoms with E-state index in [1.165, 1.54) is 92.2 Å². The minimum atomic E-state index is -1.21. The first-order valence-corrected chi connectivity index (χ1v) is 30.3. The van der Waals surface area contributed by atoms with Crippen LogP contribution in [0, 0.1) is 6.92 Å². The SMILES string of the molecule is CC(C)(C)c1ccc(-c2cccc3[cH-]c(C4CCCCC4)cc23)cc1.C[Si]C.Cc1cc2c(-c3ccc([Si](C)(C)C)cc3)cccc2[cH-]1.[Cl][Zr+2][Cl]. The fourth-order valence-electron chi connectivity index (χ4n) is 7.12. The Morgan fingerprint density at radius 2 is 1.16 bits per heavy atom. The Morgan fingerprint density at radius 3 is 1.65 bits per heavy atom. The van der Waals surface area contributed by atoms with Crippen molar-refractivity contribution in [2.45, 2.75) is 104 Å². The Morgan fingerprint density at radius 1 is 0.686 bits per heavy atom. The van der Waals surface area contributed by atoms with E-state index >= 15 is 0 Å². The predicted octanol–water partition coefficient (Wildman–Crippen LogP) is 14.8. The van der Waals surface area contributed by atoms with Gasteiger partial charge in [0, 0.05) is 9.52 Å². The molecule has 0 bridgehead atoms. The summed E-state index contributed by atoms with van der Waals surface area (Å²) in [5, 5.41) is 7.05. The van der Waals surface area contributed by atoms with E-state index in [2.05, 4.69) is 170 Å². The van der Waals surface area contributed by atoms with Gasteiger partial charge in [0.15, 0.2) is 0 Å². The van der Waals surface area contributed by atoms with Crippen LogP contribution >= 0.6 is 17.0 Å². The third kappa shape index (κ3) is 11.5. The molecule has 0 atom stereocenters. The monoisotopic (exact) mass is 824 g/mol. The van der Waals surface area contributed by atoms with Gasteiger partial charge in [-0.1, -0.05) is 157 Å². The second kappa shape index (κ2) is 19.4. The summed E-state index contributed by atoms with van der Waals surface area (Å²) in [7, 11) is 9.74. The molecule has 7 rings (SSSR count). The van der Waals surface area contributed by atoms with Gasteiger partial charge in [0.05, 0.1) is 8.07 Å². The molecule has 1 aliphatic carbocycles. The maximum atomic E-state index is 4.93. The molecule has 0 nitrogen and oxygen atoms in total. The summed E-state index contributed by atoms with van der Waals surface area (Å²) >= 11 is -0.826. The zero-order valence-corrected chi connectivity index (χ0v) is 38.2. The van der Waals surface area contributed by atoms with Crippen LogP contribution in [0.25, 0.3) is 43.8 Å². The Kier molecular flexibility index (Phi) is 15.8. The molecule has 6 aromatic carbocycles. The molecular weight excluding hydrogens is 771 g/mol. The molecule has 0 amide bonds. The normalized spacial score (nSPS) is 13.3. The molecule has 1 aliphatic rings. The average Bonchev–Trinajstić information content (AvgIpc) is 3.72. The summed E-state index contributed by atoms with van der Waals surface area (Å²) in [6, 6.07) is 41.2. The van der Waals surface area contributed by atoms with Gasteiger partial charge in [-0.3, -0.25) is 0 Å². The third-order valence-corrected chi connectivity index (χ3v) is 11.9. The maximum absolute atomic E-state index is 4.93. The summed E-state index contributed by atoms with van der Waals surface area (Å²) < 4.78 is 0. The van der Waals surface area contributed by atoms with Crippen molar-refractivity contribution < 1.29 is 20.8 Å². The van der Waals surface area contributed by atoms with Gasteiger partial charge >= 0.3 is 37.9 Å². The first kappa shape index (κ1) is 41.7. The molecular formula is C46H56Cl2Si2Zr. The fraction of sp³-hybridized carbons (Fsp3) is 0.348. The van der Waals surface area contributed by atoms with Gasteiger partial charge in [-0.25, -0.2) is 0 Å². The number of aryl methyl sites for hydroxylation is 1. The molecule has 1 saturated carbocycles. The van der Waals surface area contributed by atoms with Crippen molar-refractivity contribution in [3.63, 3.8) is 0 Å². The van der Waals surface area contributed by atoms with Crippen molar-refractivity contribution >= 4 is 61.4 Å². The molecule has 6 aromatic rings. The molecule has 0 heterocycles. The van der Waals surface area contributed by atoms with Gasteiger partial charge in [0.1, 0.15) is 0 Å². The molecule has 0 saturated heterocycles. The molecule has 0 unspecified atom stereocenters. The molecule has 266 valence electrons. The summed E-state index contributed by atoms with van der Waals surface area (Å²) in [6.45, 7) is 20.5. The second-order valence-corrected chi connectivity index (χ2v) is 25.8. The van der Waals surface area contributed by atoms with Gasteiger partial charge in [-0.05, 0) is 40.9 Å². The van der Waals surface area contributed by atoms with Crippen LogP contribution in [0.2, 0.25) is 32.7 Å². The molecule has 0 N–H and O–H groups in total. The molecule has 51 heavy (non-hydrogen) atoms. The zero-order chi connectivity index (χ0) is 37.2. The van der Waals surface area contributed by atoms with Gasteiger partial charge in [-0.2, -0.15) is 12.1 Å². The van der Waals surface area contributed by atoms with E-state index in [0.29, 0.717) is 0 Å². The fourth-order valence-corrected chi connectivity index (χ4v) is 8.28. The molecule has 5 heteroatoms. The van der Waals surface area contributed by atoms with E-state index in [1.807, 2.05) is 0 Å². The van der Waals surface area contributed by atoms with E-state index in [4.69, 9.17) is 17.0 Å². The van der Waals surface area contributed by atoms with Gasteiger partial charge in [0.2, 0.25) is 0 Å². The number of hydrogen-bond acceptors (Lipinski definition) is 0. The van der Waals surface area contributed by atoms with E-state index in [-0.39, 0.29) is 5.41 Å². The van der Waals surface area contributed by atoms with Gasteiger partial charge < -0.3 is 0 Å². The van der Waals surface area contributed by atoms with Crippen LogP contribution < -0.4 is 5.19 Å². The third-order valence-electron chi connectivity index (χ3n) is 9.87. The second-order valence-electron chi connectivity index (χ2n) is 16.0. The van der Waals surface area contributed by atoms with Gasteiger partial charge in [-0.15, -0.1) is 69.1 Å². The summed E-state index contributed by atoms with van der Waals surface area (Å²) in [4.78, 5) is 0. The molecule has 0 aliphatic heterocycles. The van der Waals surface area contributed by atoms with E-state index in [0.717, 1.165) is 15.4 Å². The van der Waals surface area contributed by atoms with Gasteiger partial charge in [0.25, 0.3) is 0 Å². The standard InChI is InChI=1S/C25H29.C19H21Si.C2H6Si.2ClH.Zr/c1-25(2,3)22-14-12-19(13-15-22)23-11-7-10-20-16-21(17-24(20)23)18-8-5-4-6-9-18;1-14-12-16-6-5-7-18(19(16)13-14)15-8-10-17(11-9-15)20(2,3)4;1-3-2;;;/h7,10-18H,4-6,8-9H2,1-3H3;5-13H,1-4H3;1-2H3;2*1H;/q2*-1;;;;+4/p-2. The topological polar surface area (TPSA) is 0 Å². The van der Waals surface area contributed by atoms with Crippen LogP contribution in [0.15, 0.2) is 109 Å². The Hall–Kier alpha value is -2.00. The molecule has 0 spiro atoms. The number of halogens is 2. The molecule has 1 fully saturated rings. The summed E-state index contributed by atoms with van der Waals surface area (Å²) in [6.07, 6.45) is 6.95. The Labute approximate surface area is 331 Å².